The van der Waals surface area contributed by atoms with Crippen molar-refractivity contribution in [3.05, 3.63) is 54.1 Å². The number of hydrogen-bond acceptors (Lipinski definition) is 1. The summed E-state index contributed by atoms with van der Waals surface area (Å²) in [5.41, 5.74) is 3.98. The summed E-state index contributed by atoms with van der Waals surface area (Å²) >= 11 is 0. The predicted octanol–water partition coefficient (Wildman–Crippen LogP) is 5.99. The molecule has 0 unspecified atom stereocenters. The van der Waals surface area contributed by atoms with E-state index < -0.39 is 0 Å². The SMILES string of the molecule is C=C1c2cccc3cccc(c23)CN1CCCCCCCC. The van der Waals surface area contributed by atoms with Gasteiger partial charge in [-0.3, -0.25) is 0 Å². The summed E-state index contributed by atoms with van der Waals surface area (Å²) in [6.07, 6.45) is 8.09. The van der Waals surface area contributed by atoms with Gasteiger partial charge in [-0.15, -0.1) is 0 Å². The molecule has 3 rings (SSSR count). The van der Waals surface area contributed by atoms with E-state index in [0.717, 1.165) is 13.1 Å². The van der Waals surface area contributed by atoms with Crippen LogP contribution in [0.5, 0.6) is 0 Å². The van der Waals surface area contributed by atoms with Crippen LogP contribution in [-0.4, -0.2) is 11.4 Å². The van der Waals surface area contributed by atoms with Gasteiger partial charge in [-0.2, -0.15) is 0 Å². The van der Waals surface area contributed by atoms with Crippen LogP contribution in [-0.2, 0) is 6.54 Å². The van der Waals surface area contributed by atoms with Crippen molar-refractivity contribution in [1.29, 1.82) is 0 Å². The minimum atomic E-state index is 1.02. The summed E-state index contributed by atoms with van der Waals surface area (Å²) < 4.78 is 0. The van der Waals surface area contributed by atoms with Gasteiger partial charge in [0.25, 0.3) is 0 Å². The number of benzene rings is 2. The minimum Gasteiger partial charge on any atom is -0.367 e. The second kappa shape index (κ2) is 7.00. The van der Waals surface area contributed by atoms with Gasteiger partial charge in [0.05, 0.1) is 0 Å². The predicted molar refractivity (Wildman–Crippen MR) is 96.8 cm³/mol. The zero-order chi connectivity index (χ0) is 15.4. The van der Waals surface area contributed by atoms with Crippen LogP contribution < -0.4 is 0 Å². The average Bonchev–Trinajstić information content (AvgIpc) is 2.55. The Morgan fingerprint density at radius 1 is 0.955 bits per heavy atom. The van der Waals surface area contributed by atoms with Gasteiger partial charge in [-0.05, 0) is 22.8 Å². The van der Waals surface area contributed by atoms with Crippen molar-refractivity contribution in [1.82, 2.24) is 4.90 Å². The highest BCUT2D eigenvalue weighted by Gasteiger charge is 2.20. The molecule has 2 aromatic carbocycles. The van der Waals surface area contributed by atoms with Crippen LogP contribution in [0.4, 0.5) is 0 Å². The van der Waals surface area contributed by atoms with Crippen LogP contribution in [0.15, 0.2) is 43.0 Å². The molecule has 0 radical (unpaired) electrons. The molecular weight excluding hydrogens is 266 g/mol. The standard InChI is InChI=1S/C21H27N/c1-3-4-5-6-7-8-15-22-16-19-13-9-11-18-12-10-14-20(17(22)2)21(18)19/h9-14H,2-8,15-16H2,1H3. The summed E-state index contributed by atoms with van der Waals surface area (Å²) in [6, 6.07) is 13.2. The van der Waals surface area contributed by atoms with Crippen LogP contribution in [0.2, 0.25) is 0 Å². The Labute approximate surface area is 134 Å². The first-order valence-corrected chi connectivity index (χ1v) is 8.76. The van der Waals surface area contributed by atoms with Gasteiger partial charge >= 0.3 is 0 Å². The Morgan fingerprint density at radius 2 is 1.68 bits per heavy atom. The van der Waals surface area contributed by atoms with Gasteiger partial charge in [0.15, 0.2) is 0 Å². The lowest BCUT2D eigenvalue weighted by Gasteiger charge is -2.33. The molecule has 1 heterocycles. The highest BCUT2D eigenvalue weighted by molar-refractivity contribution is 5.97. The highest BCUT2D eigenvalue weighted by Crippen LogP contribution is 2.35. The lowest BCUT2D eigenvalue weighted by molar-refractivity contribution is 0.373. The summed E-state index contributed by atoms with van der Waals surface area (Å²) in [5.74, 6) is 0. The van der Waals surface area contributed by atoms with Crippen molar-refractivity contribution in [3.8, 4) is 0 Å². The van der Waals surface area contributed by atoms with E-state index in [9.17, 15) is 0 Å². The summed E-state index contributed by atoms with van der Waals surface area (Å²) in [4.78, 5) is 2.47. The molecule has 0 spiro atoms. The van der Waals surface area contributed by atoms with Gasteiger partial charge in [0.2, 0.25) is 0 Å². The molecule has 1 nitrogen and oxygen atoms in total. The fourth-order valence-electron chi connectivity index (χ4n) is 3.56. The molecule has 1 aliphatic rings. The maximum absolute atomic E-state index is 4.37. The molecule has 0 atom stereocenters. The lowest BCUT2D eigenvalue weighted by Crippen LogP contribution is -2.26. The molecule has 0 N–H and O–H groups in total. The summed E-state index contributed by atoms with van der Waals surface area (Å²) in [6.45, 7) is 8.80. The first kappa shape index (κ1) is 15.1. The number of unbranched alkanes of at least 4 members (excludes halogenated alkanes) is 5. The van der Waals surface area contributed by atoms with Crippen LogP contribution >= 0.6 is 0 Å². The number of rotatable bonds is 7. The van der Waals surface area contributed by atoms with Crippen molar-refractivity contribution in [2.24, 2.45) is 0 Å². The molecule has 2 aromatic rings. The lowest BCUT2D eigenvalue weighted by atomic mass is 9.93. The van der Waals surface area contributed by atoms with Crippen LogP contribution in [0.1, 0.15) is 56.6 Å². The Balaban J connectivity index is 1.66. The summed E-state index contributed by atoms with van der Waals surface area (Å²) in [7, 11) is 0. The average molecular weight is 293 g/mol. The largest absolute Gasteiger partial charge is 0.367 e. The van der Waals surface area contributed by atoms with Crippen molar-refractivity contribution >= 4 is 16.5 Å². The smallest absolute Gasteiger partial charge is 0.0435 e. The molecule has 0 saturated carbocycles. The number of hydrogen-bond donors (Lipinski definition) is 0. The first-order chi connectivity index (χ1) is 10.8. The van der Waals surface area contributed by atoms with Crippen molar-refractivity contribution in [2.75, 3.05) is 6.54 Å². The van der Waals surface area contributed by atoms with Gasteiger partial charge in [-0.25, -0.2) is 0 Å². The second-order valence-corrected chi connectivity index (χ2v) is 6.46. The van der Waals surface area contributed by atoms with Gasteiger partial charge in [0.1, 0.15) is 0 Å². The Morgan fingerprint density at radius 3 is 2.50 bits per heavy atom. The van der Waals surface area contributed by atoms with Crippen molar-refractivity contribution in [2.45, 2.75) is 52.0 Å². The zero-order valence-electron chi connectivity index (χ0n) is 13.8. The third kappa shape index (κ3) is 3.04. The van der Waals surface area contributed by atoms with Crippen LogP contribution in [0, 0.1) is 0 Å². The molecule has 116 valence electrons. The fraction of sp³-hybridized carbons (Fsp3) is 0.429. The van der Waals surface area contributed by atoms with E-state index in [1.807, 2.05) is 0 Å². The van der Waals surface area contributed by atoms with E-state index in [2.05, 4.69) is 54.8 Å². The molecule has 0 fully saturated rings. The van der Waals surface area contributed by atoms with Crippen LogP contribution in [0.25, 0.3) is 16.5 Å². The molecule has 0 amide bonds. The summed E-state index contributed by atoms with van der Waals surface area (Å²) in [5, 5.41) is 2.75. The molecule has 0 bridgehead atoms. The van der Waals surface area contributed by atoms with Crippen LogP contribution in [0.3, 0.4) is 0 Å². The second-order valence-electron chi connectivity index (χ2n) is 6.46. The van der Waals surface area contributed by atoms with Crippen molar-refractivity contribution in [3.63, 3.8) is 0 Å². The third-order valence-electron chi connectivity index (χ3n) is 4.83. The van der Waals surface area contributed by atoms with Crippen molar-refractivity contribution < 1.29 is 0 Å². The molecule has 22 heavy (non-hydrogen) atoms. The molecule has 0 saturated heterocycles. The molecule has 0 aromatic heterocycles. The Bertz CT molecular complexity index is 651. The van der Waals surface area contributed by atoms with E-state index in [-0.39, 0.29) is 0 Å². The van der Waals surface area contributed by atoms with E-state index in [0.29, 0.717) is 0 Å². The molecule has 0 aliphatic carbocycles. The van der Waals surface area contributed by atoms with E-state index >= 15 is 0 Å². The first-order valence-electron chi connectivity index (χ1n) is 8.76. The van der Waals surface area contributed by atoms with E-state index in [4.69, 9.17) is 0 Å². The van der Waals surface area contributed by atoms with E-state index in [1.54, 1.807) is 0 Å². The quantitative estimate of drug-likeness (QED) is 0.567. The molecule has 1 heteroatoms. The van der Waals surface area contributed by atoms with Gasteiger partial charge in [0, 0.05) is 24.4 Å². The zero-order valence-corrected chi connectivity index (χ0v) is 13.8. The molecule has 1 aliphatic heterocycles. The van der Waals surface area contributed by atoms with E-state index in [1.165, 1.54) is 66.1 Å². The fourth-order valence-corrected chi connectivity index (χ4v) is 3.56. The highest BCUT2D eigenvalue weighted by atomic mass is 15.1. The minimum absolute atomic E-state index is 1.02. The third-order valence-corrected chi connectivity index (χ3v) is 4.83. The molecular formula is C21H27N. The van der Waals surface area contributed by atoms with Gasteiger partial charge < -0.3 is 4.90 Å². The van der Waals surface area contributed by atoms with Gasteiger partial charge in [-0.1, -0.05) is 82.0 Å². The normalized spacial score (nSPS) is 13.9. The topological polar surface area (TPSA) is 3.24 Å². The number of nitrogens with zero attached hydrogens (tertiary/aromatic N) is 1. The Kier molecular flexibility index (Phi) is 4.82. The maximum Gasteiger partial charge on any atom is 0.0435 e. The monoisotopic (exact) mass is 293 g/mol. The maximum atomic E-state index is 4.37. The Hall–Kier alpha value is -1.76.